The van der Waals surface area contributed by atoms with Crippen LogP contribution in [0, 0.1) is 0 Å². The first-order chi connectivity index (χ1) is 8.52. The second-order valence-corrected chi connectivity index (χ2v) is 4.83. The zero-order chi connectivity index (χ0) is 13.3. The van der Waals surface area contributed by atoms with Crippen LogP contribution in [-0.4, -0.2) is 47.7 Å². The molecule has 1 amide bonds. The Hall–Kier alpha value is -1.34. The first-order valence-corrected chi connectivity index (χ1v) is 6.13. The van der Waals surface area contributed by atoms with Crippen molar-refractivity contribution < 1.29 is 23.8 Å². The number of nitrogens with zero attached hydrogens (tertiary/aromatic N) is 1. The fourth-order valence-corrected chi connectivity index (χ4v) is 2.35. The van der Waals surface area contributed by atoms with Gasteiger partial charge in [0.15, 0.2) is 4.67 Å². The van der Waals surface area contributed by atoms with Gasteiger partial charge < -0.3 is 19.2 Å². The predicted molar refractivity (Wildman–Crippen MR) is 64.3 cm³/mol. The summed E-state index contributed by atoms with van der Waals surface area (Å²) in [6.07, 6.45) is 1.35. The van der Waals surface area contributed by atoms with Crippen LogP contribution in [0.15, 0.2) is 21.4 Å². The van der Waals surface area contributed by atoms with Gasteiger partial charge in [0.1, 0.15) is 12.3 Å². The molecule has 1 saturated heterocycles. The van der Waals surface area contributed by atoms with Gasteiger partial charge >= 0.3 is 5.97 Å². The minimum absolute atomic E-state index is 0.245. The number of carbonyl (C=O) groups is 2. The largest absolute Gasteiger partial charge is 0.480 e. The Morgan fingerprint density at radius 3 is 2.83 bits per heavy atom. The number of ether oxygens (including phenoxy) is 1. The molecule has 1 aliphatic rings. The molecule has 1 aromatic heterocycles. The Morgan fingerprint density at radius 2 is 2.33 bits per heavy atom. The van der Waals surface area contributed by atoms with Crippen molar-refractivity contribution in [3.8, 4) is 0 Å². The summed E-state index contributed by atoms with van der Waals surface area (Å²) >= 11 is 3.10. The third-order valence-electron chi connectivity index (χ3n) is 2.96. The van der Waals surface area contributed by atoms with Crippen LogP contribution < -0.4 is 0 Å². The highest BCUT2D eigenvalue weighted by Gasteiger charge is 2.40. The molecule has 0 radical (unpaired) electrons. The Kier molecular flexibility index (Phi) is 3.72. The first kappa shape index (κ1) is 13.1. The Labute approximate surface area is 112 Å². The van der Waals surface area contributed by atoms with E-state index in [1.165, 1.54) is 24.3 Å². The second-order valence-electron chi connectivity index (χ2n) is 4.04. The van der Waals surface area contributed by atoms with Crippen molar-refractivity contribution in [1.29, 1.82) is 0 Å². The summed E-state index contributed by atoms with van der Waals surface area (Å²) in [5, 5.41) is 9.12. The van der Waals surface area contributed by atoms with Crippen LogP contribution in [0.3, 0.4) is 0 Å². The molecule has 7 heteroatoms. The number of carbonyl (C=O) groups excluding carboxylic acids is 1. The topological polar surface area (TPSA) is 80.0 Å². The lowest BCUT2D eigenvalue weighted by molar-refractivity contribution is -0.141. The maximum absolute atomic E-state index is 12.2. The average Bonchev–Trinajstić information content (AvgIpc) is 2.93. The zero-order valence-electron chi connectivity index (χ0n) is 9.63. The van der Waals surface area contributed by atoms with Crippen molar-refractivity contribution in [1.82, 2.24) is 4.90 Å². The minimum Gasteiger partial charge on any atom is -0.480 e. The predicted octanol–water partition coefficient (Wildman–Crippen LogP) is 1.36. The molecule has 6 nitrogen and oxygen atoms in total. The molecule has 1 aromatic rings. The van der Waals surface area contributed by atoms with Crippen molar-refractivity contribution in [2.45, 2.75) is 18.6 Å². The molecule has 2 atom stereocenters. The number of hydrogen-bond acceptors (Lipinski definition) is 4. The molecular weight excluding hydrogens is 306 g/mol. The first-order valence-electron chi connectivity index (χ1n) is 5.33. The normalized spacial score (nSPS) is 23.3. The van der Waals surface area contributed by atoms with E-state index < -0.39 is 12.0 Å². The van der Waals surface area contributed by atoms with Gasteiger partial charge in [-0.05, 0) is 15.9 Å². The standard InChI is InChI=1S/C11H12BrNO5/c1-17-7-3-8(11(15)16)13(4-7)10(14)6-2-9(12)18-5-6/h2,5,7-8H,3-4H2,1H3,(H,15,16). The van der Waals surface area contributed by atoms with Crippen LogP contribution >= 0.6 is 15.9 Å². The van der Waals surface area contributed by atoms with Gasteiger partial charge in [-0.25, -0.2) is 4.79 Å². The molecule has 2 heterocycles. The molecule has 0 aromatic carbocycles. The Morgan fingerprint density at radius 1 is 1.61 bits per heavy atom. The molecule has 2 rings (SSSR count). The molecule has 0 spiro atoms. The number of rotatable bonds is 3. The van der Waals surface area contributed by atoms with Gasteiger partial charge in [0.05, 0.1) is 11.7 Å². The van der Waals surface area contributed by atoms with E-state index in [9.17, 15) is 9.59 Å². The van der Waals surface area contributed by atoms with Crippen molar-refractivity contribution in [3.05, 3.63) is 22.6 Å². The van der Waals surface area contributed by atoms with Gasteiger partial charge in [0, 0.05) is 26.1 Å². The van der Waals surface area contributed by atoms with E-state index in [1.54, 1.807) is 0 Å². The summed E-state index contributed by atoms with van der Waals surface area (Å²) in [5.74, 6) is -1.39. The number of hydrogen-bond donors (Lipinski definition) is 1. The van der Waals surface area contributed by atoms with Crippen molar-refractivity contribution in [2.24, 2.45) is 0 Å². The van der Waals surface area contributed by atoms with Crippen molar-refractivity contribution in [3.63, 3.8) is 0 Å². The van der Waals surface area contributed by atoms with Crippen LogP contribution in [0.1, 0.15) is 16.8 Å². The van der Waals surface area contributed by atoms with E-state index in [0.717, 1.165) is 0 Å². The third-order valence-corrected chi connectivity index (χ3v) is 3.37. The maximum atomic E-state index is 12.2. The van der Waals surface area contributed by atoms with Crippen molar-refractivity contribution in [2.75, 3.05) is 13.7 Å². The van der Waals surface area contributed by atoms with Crippen LogP contribution in [0.25, 0.3) is 0 Å². The molecule has 0 bridgehead atoms. The second kappa shape index (κ2) is 5.11. The summed E-state index contributed by atoms with van der Waals surface area (Å²) in [6.45, 7) is 0.273. The van der Waals surface area contributed by atoms with Gasteiger partial charge in [-0.15, -0.1) is 0 Å². The summed E-state index contributed by atoms with van der Waals surface area (Å²) in [5.41, 5.74) is 0.324. The van der Waals surface area contributed by atoms with Crippen LogP contribution in [0.2, 0.25) is 0 Å². The van der Waals surface area contributed by atoms with Crippen molar-refractivity contribution >= 4 is 27.8 Å². The number of carboxylic acid groups (broad SMARTS) is 1. The number of carboxylic acids is 1. The Balaban J connectivity index is 2.20. The summed E-state index contributed by atoms with van der Waals surface area (Å²) in [4.78, 5) is 24.6. The fraction of sp³-hybridized carbons (Fsp3) is 0.455. The smallest absolute Gasteiger partial charge is 0.326 e. The summed E-state index contributed by atoms with van der Waals surface area (Å²) in [7, 11) is 1.51. The monoisotopic (exact) mass is 317 g/mol. The molecule has 98 valence electrons. The third kappa shape index (κ3) is 2.41. The molecule has 1 fully saturated rings. The van der Waals surface area contributed by atoms with E-state index >= 15 is 0 Å². The number of aliphatic carboxylic acids is 1. The highest BCUT2D eigenvalue weighted by molar-refractivity contribution is 9.10. The molecule has 0 saturated carbocycles. The number of methoxy groups -OCH3 is 1. The molecule has 18 heavy (non-hydrogen) atoms. The molecule has 1 aliphatic heterocycles. The van der Waals surface area contributed by atoms with Crippen LogP contribution in [0.4, 0.5) is 0 Å². The molecule has 1 N–H and O–H groups in total. The van der Waals surface area contributed by atoms with E-state index in [1.807, 2.05) is 0 Å². The lowest BCUT2D eigenvalue weighted by atomic mass is 10.2. The van der Waals surface area contributed by atoms with E-state index in [0.29, 0.717) is 16.7 Å². The minimum atomic E-state index is -1.02. The zero-order valence-corrected chi connectivity index (χ0v) is 11.2. The highest BCUT2D eigenvalue weighted by Crippen LogP contribution is 2.24. The number of furan rings is 1. The van der Waals surface area contributed by atoms with Crippen LogP contribution in [0.5, 0.6) is 0 Å². The quantitative estimate of drug-likeness (QED) is 0.910. The number of halogens is 1. The highest BCUT2D eigenvalue weighted by atomic mass is 79.9. The molecular formula is C11H12BrNO5. The fourth-order valence-electron chi connectivity index (χ4n) is 2.01. The Bertz CT molecular complexity index is 472. The molecule has 0 aliphatic carbocycles. The van der Waals surface area contributed by atoms with E-state index in [-0.39, 0.29) is 18.6 Å². The lowest BCUT2D eigenvalue weighted by Crippen LogP contribution is -2.40. The van der Waals surface area contributed by atoms with E-state index in [2.05, 4.69) is 15.9 Å². The van der Waals surface area contributed by atoms with Gasteiger partial charge in [0.2, 0.25) is 0 Å². The number of amides is 1. The van der Waals surface area contributed by atoms with Gasteiger partial charge in [0.25, 0.3) is 5.91 Å². The SMILES string of the molecule is COC1CC(C(=O)O)N(C(=O)c2coc(Br)c2)C1. The molecule has 2 unspecified atom stereocenters. The van der Waals surface area contributed by atoms with Gasteiger partial charge in [-0.2, -0.15) is 0 Å². The van der Waals surface area contributed by atoms with Gasteiger partial charge in [-0.3, -0.25) is 4.79 Å². The van der Waals surface area contributed by atoms with E-state index in [4.69, 9.17) is 14.3 Å². The van der Waals surface area contributed by atoms with Gasteiger partial charge in [-0.1, -0.05) is 0 Å². The number of likely N-dealkylation sites (tertiary alicyclic amines) is 1. The van der Waals surface area contributed by atoms with Crippen LogP contribution in [-0.2, 0) is 9.53 Å². The maximum Gasteiger partial charge on any atom is 0.326 e. The summed E-state index contributed by atoms with van der Waals surface area (Å²) < 4.78 is 10.5. The lowest BCUT2D eigenvalue weighted by Gasteiger charge is -2.20. The average molecular weight is 318 g/mol. The summed E-state index contributed by atoms with van der Waals surface area (Å²) in [6, 6.07) is 0.664.